The van der Waals surface area contributed by atoms with Gasteiger partial charge in [0.25, 0.3) is 0 Å². The summed E-state index contributed by atoms with van der Waals surface area (Å²) in [5.74, 6) is 0.188. The monoisotopic (exact) mass is 349 g/mol. The molecule has 4 N–H and O–H groups in total. The van der Waals surface area contributed by atoms with E-state index < -0.39 is 5.60 Å². The molecule has 1 fully saturated rings. The molecule has 26 heavy (non-hydrogen) atoms. The fraction of sp³-hybridized carbons (Fsp3) is 0.364. The van der Waals surface area contributed by atoms with Crippen molar-refractivity contribution in [2.24, 2.45) is 5.92 Å². The lowest BCUT2D eigenvalue weighted by atomic mass is 9.68. The van der Waals surface area contributed by atoms with Gasteiger partial charge >= 0.3 is 0 Å². The number of hydrogen-bond acceptors (Lipinski definition) is 4. The molecule has 2 aromatic rings. The Morgan fingerprint density at radius 2 is 2.04 bits per heavy atom. The highest BCUT2D eigenvalue weighted by Crippen LogP contribution is 2.47. The number of rotatable bonds is 4. The molecule has 0 spiro atoms. The fourth-order valence-corrected chi connectivity index (χ4v) is 4.30. The molecule has 2 aromatic carbocycles. The van der Waals surface area contributed by atoms with Gasteiger partial charge in [-0.15, -0.1) is 0 Å². The van der Waals surface area contributed by atoms with E-state index in [-0.39, 0.29) is 5.92 Å². The molecule has 0 radical (unpaired) electrons. The second kappa shape index (κ2) is 7.14. The number of benzene rings is 2. The zero-order chi connectivity index (χ0) is 18.0. The fourth-order valence-electron chi connectivity index (χ4n) is 4.30. The topological polar surface area (TPSA) is 56.3 Å². The van der Waals surface area contributed by atoms with Crippen LogP contribution in [0.15, 0.2) is 60.3 Å². The minimum atomic E-state index is -0.916. The first-order valence-electron chi connectivity index (χ1n) is 9.50. The van der Waals surface area contributed by atoms with E-state index in [1.165, 1.54) is 11.1 Å². The molecule has 0 bridgehead atoms. The maximum Gasteiger partial charge on any atom is 0.115 e. The molecule has 1 aliphatic heterocycles. The van der Waals surface area contributed by atoms with Crippen LogP contribution in [0.1, 0.15) is 42.9 Å². The molecule has 0 saturated heterocycles. The Morgan fingerprint density at radius 1 is 1.19 bits per heavy atom. The number of hydrogen-bond donors (Lipinski definition) is 4. The van der Waals surface area contributed by atoms with Crippen LogP contribution >= 0.6 is 0 Å². The summed E-state index contributed by atoms with van der Waals surface area (Å²) in [6.07, 6.45) is 5.13. The van der Waals surface area contributed by atoms with Crippen LogP contribution in [0.4, 0.5) is 5.69 Å². The van der Waals surface area contributed by atoms with E-state index in [0.29, 0.717) is 0 Å². The molecule has 2 aliphatic rings. The number of fused-ring (bicyclic) bond motifs is 1. The van der Waals surface area contributed by atoms with E-state index in [4.69, 9.17) is 0 Å². The lowest BCUT2D eigenvalue weighted by Crippen LogP contribution is -2.40. The average Bonchev–Trinajstić information content (AvgIpc) is 3.15. The maximum absolute atomic E-state index is 11.9. The molecule has 4 rings (SSSR count). The van der Waals surface area contributed by atoms with Crippen molar-refractivity contribution in [3.05, 3.63) is 77.0 Å². The summed E-state index contributed by atoms with van der Waals surface area (Å²) in [5, 5.41) is 15.3. The van der Waals surface area contributed by atoms with Gasteiger partial charge in [-0.25, -0.2) is 5.43 Å². The number of hydrazine groups is 1. The standard InChI is InChI=1S/C22H27N3O/c1-16-7-5-10-18(14-23-13-17-8-3-2-4-9-17)22(16,26)20-11-6-12-21-19(20)15-24-25-21/h2-4,6,8-9,11-12,14,16,23-26H,5,7,10,13,15H2,1H3/b18-14+. The Morgan fingerprint density at radius 3 is 2.88 bits per heavy atom. The first-order valence-corrected chi connectivity index (χ1v) is 9.50. The van der Waals surface area contributed by atoms with Gasteiger partial charge in [0.15, 0.2) is 0 Å². The predicted molar refractivity (Wildman–Crippen MR) is 105 cm³/mol. The van der Waals surface area contributed by atoms with E-state index >= 15 is 0 Å². The lowest BCUT2D eigenvalue weighted by molar-refractivity contribution is -0.00167. The molecule has 1 saturated carbocycles. The summed E-state index contributed by atoms with van der Waals surface area (Å²) in [6.45, 7) is 3.68. The van der Waals surface area contributed by atoms with Crippen LogP contribution < -0.4 is 16.2 Å². The Bertz CT molecular complexity index is 802. The normalized spacial score (nSPS) is 26.4. The molecule has 2 unspecified atom stereocenters. The van der Waals surface area contributed by atoms with Crippen LogP contribution in [0.3, 0.4) is 0 Å². The summed E-state index contributed by atoms with van der Waals surface area (Å²) in [4.78, 5) is 0. The van der Waals surface area contributed by atoms with Crippen molar-refractivity contribution >= 4 is 5.69 Å². The Balaban J connectivity index is 1.65. The number of nitrogens with one attached hydrogen (secondary N) is 3. The van der Waals surface area contributed by atoms with E-state index in [0.717, 1.165) is 49.2 Å². The highest BCUT2D eigenvalue weighted by atomic mass is 16.3. The first kappa shape index (κ1) is 17.1. The van der Waals surface area contributed by atoms with Gasteiger partial charge < -0.3 is 15.8 Å². The molecule has 136 valence electrons. The van der Waals surface area contributed by atoms with Gasteiger partial charge in [-0.2, -0.15) is 0 Å². The van der Waals surface area contributed by atoms with Crippen molar-refractivity contribution < 1.29 is 5.11 Å². The molecular formula is C22H27N3O. The molecule has 1 heterocycles. The SMILES string of the molecule is CC1CCC/C(=C\NCc2ccccc2)C1(O)c1cccc2c1CNN2. The van der Waals surface area contributed by atoms with Gasteiger partial charge in [0.2, 0.25) is 0 Å². The predicted octanol–water partition coefficient (Wildman–Crippen LogP) is 3.80. The van der Waals surface area contributed by atoms with Crippen LogP contribution in [0.25, 0.3) is 0 Å². The number of anilines is 1. The molecule has 4 heteroatoms. The Labute approximate surface area is 155 Å². The summed E-state index contributed by atoms with van der Waals surface area (Å²) in [5.41, 5.74) is 11.1. The van der Waals surface area contributed by atoms with Crippen molar-refractivity contribution in [3.8, 4) is 0 Å². The second-order valence-electron chi connectivity index (χ2n) is 7.41. The third-order valence-corrected chi connectivity index (χ3v) is 5.79. The maximum atomic E-state index is 11.9. The summed E-state index contributed by atoms with van der Waals surface area (Å²) >= 11 is 0. The van der Waals surface area contributed by atoms with Crippen LogP contribution in [0.2, 0.25) is 0 Å². The summed E-state index contributed by atoms with van der Waals surface area (Å²) < 4.78 is 0. The number of aliphatic hydroxyl groups is 1. The van der Waals surface area contributed by atoms with E-state index in [1.54, 1.807) is 0 Å². The minimum Gasteiger partial charge on any atom is -0.387 e. The highest BCUT2D eigenvalue weighted by molar-refractivity contribution is 5.60. The van der Waals surface area contributed by atoms with Gasteiger partial charge in [0.05, 0.1) is 5.69 Å². The van der Waals surface area contributed by atoms with Crippen LogP contribution in [-0.2, 0) is 18.7 Å². The molecular weight excluding hydrogens is 322 g/mol. The van der Waals surface area contributed by atoms with Crippen LogP contribution in [0.5, 0.6) is 0 Å². The van der Waals surface area contributed by atoms with E-state index in [9.17, 15) is 5.11 Å². The Kier molecular flexibility index (Phi) is 4.70. The molecule has 0 aromatic heterocycles. The first-order chi connectivity index (χ1) is 12.7. The Hall–Kier alpha value is -2.30. The van der Waals surface area contributed by atoms with E-state index in [1.807, 2.05) is 12.1 Å². The molecule has 2 atom stereocenters. The largest absolute Gasteiger partial charge is 0.387 e. The average molecular weight is 349 g/mol. The highest BCUT2D eigenvalue weighted by Gasteiger charge is 2.43. The van der Waals surface area contributed by atoms with Crippen molar-refractivity contribution in [2.75, 3.05) is 5.43 Å². The van der Waals surface area contributed by atoms with E-state index in [2.05, 4.69) is 65.7 Å². The third-order valence-electron chi connectivity index (χ3n) is 5.79. The van der Waals surface area contributed by atoms with Crippen molar-refractivity contribution in [2.45, 2.75) is 44.9 Å². The van der Waals surface area contributed by atoms with Gasteiger partial charge in [-0.1, -0.05) is 49.4 Å². The van der Waals surface area contributed by atoms with Crippen LogP contribution in [-0.4, -0.2) is 5.11 Å². The minimum absolute atomic E-state index is 0.188. The third kappa shape index (κ3) is 3.00. The molecule has 0 amide bonds. The molecule has 4 nitrogen and oxygen atoms in total. The summed E-state index contributed by atoms with van der Waals surface area (Å²) in [7, 11) is 0. The summed E-state index contributed by atoms with van der Waals surface area (Å²) in [6, 6.07) is 16.5. The zero-order valence-corrected chi connectivity index (χ0v) is 15.3. The quantitative estimate of drug-likeness (QED) is 0.678. The zero-order valence-electron chi connectivity index (χ0n) is 15.3. The van der Waals surface area contributed by atoms with Gasteiger partial charge in [0, 0.05) is 13.1 Å². The molecule has 1 aliphatic carbocycles. The second-order valence-corrected chi connectivity index (χ2v) is 7.41. The van der Waals surface area contributed by atoms with Gasteiger partial charge in [-0.05, 0) is 59.7 Å². The van der Waals surface area contributed by atoms with Gasteiger partial charge in [-0.3, -0.25) is 0 Å². The van der Waals surface area contributed by atoms with Crippen molar-refractivity contribution in [1.82, 2.24) is 10.7 Å². The smallest absolute Gasteiger partial charge is 0.115 e. The van der Waals surface area contributed by atoms with Gasteiger partial charge in [0.1, 0.15) is 5.60 Å². The lowest BCUT2D eigenvalue weighted by Gasteiger charge is -2.42. The van der Waals surface area contributed by atoms with Crippen molar-refractivity contribution in [3.63, 3.8) is 0 Å². The van der Waals surface area contributed by atoms with Crippen LogP contribution in [0, 0.1) is 5.92 Å². The van der Waals surface area contributed by atoms with Crippen molar-refractivity contribution in [1.29, 1.82) is 0 Å².